The van der Waals surface area contributed by atoms with Gasteiger partial charge in [-0.15, -0.1) is 0 Å². The lowest BCUT2D eigenvalue weighted by atomic mass is 10.2. The van der Waals surface area contributed by atoms with Gasteiger partial charge in [0.2, 0.25) is 0 Å². The van der Waals surface area contributed by atoms with E-state index in [4.69, 9.17) is 33.7 Å². The fraction of sp³-hybridized carbons (Fsp3) is 0.0476. The average molecular weight is 401 g/mol. The second-order valence-electron chi connectivity index (χ2n) is 5.24. The Kier molecular flexibility index (Phi) is 8.22. The fourth-order valence-electron chi connectivity index (χ4n) is 1.97. The molecule has 0 aliphatic carbocycles. The number of rotatable bonds is 4. The summed E-state index contributed by atoms with van der Waals surface area (Å²) in [5.41, 5.74) is 2.68. The van der Waals surface area contributed by atoms with Gasteiger partial charge in [0.15, 0.2) is 10.1 Å². The van der Waals surface area contributed by atoms with Crippen molar-refractivity contribution in [2.45, 2.75) is 6.61 Å². The van der Waals surface area contributed by atoms with Crippen molar-refractivity contribution in [2.24, 2.45) is 0 Å². The standard InChI is InChI=1S/C14H11ClOS.C7H6OS/c15-13-8-6-11(7-9-13)10-16-14(17)12-4-2-1-3-5-12;8-7(9)6-4-2-1-3-5-6/h1-9H,10H2;1-5H,(H,8,9). The van der Waals surface area contributed by atoms with Gasteiger partial charge in [0.05, 0.1) is 0 Å². The zero-order valence-corrected chi connectivity index (χ0v) is 16.2. The number of ether oxygens (including phenoxy) is 1. The van der Waals surface area contributed by atoms with Gasteiger partial charge in [0.25, 0.3) is 0 Å². The molecule has 3 aromatic rings. The molecule has 0 saturated heterocycles. The highest BCUT2D eigenvalue weighted by molar-refractivity contribution is 7.80. The van der Waals surface area contributed by atoms with Crippen molar-refractivity contribution in [3.63, 3.8) is 0 Å². The van der Waals surface area contributed by atoms with E-state index in [1.807, 2.05) is 72.8 Å². The van der Waals surface area contributed by atoms with Crippen LogP contribution in [0.4, 0.5) is 0 Å². The van der Waals surface area contributed by atoms with E-state index >= 15 is 0 Å². The highest BCUT2D eigenvalue weighted by Gasteiger charge is 2.01. The number of hydrogen-bond acceptors (Lipinski definition) is 3. The summed E-state index contributed by atoms with van der Waals surface area (Å²) >= 11 is 15.5. The highest BCUT2D eigenvalue weighted by Crippen LogP contribution is 2.11. The van der Waals surface area contributed by atoms with Crippen molar-refractivity contribution < 1.29 is 9.84 Å². The van der Waals surface area contributed by atoms with Crippen molar-refractivity contribution in [1.82, 2.24) is 0 Å². The van der Waals surface area contributed by atoms with Gasteiger partial charge in [0, 0.05) is 16.1 Å². The summed E-state index contributed by atoms with van der Waals surface area (Å²) in [5.74, 6) is 0. The maximum atomic E-state index is 8.76. The highest BCUT2D eigenvalue weighted by atomic mass is 35.5. The zero-order valence-electron chi connectivity index (χ0n) is 13.8. The number of benzene rings is 3. The number of aliphatic hydroxyl groups is 1. The third-order valence-electron chi connectivity index (χ3n) is 3.31. The van der Waals surface area contributed by atoms with Crippen LogP contribution in [0.5, 0.6) is 0 Å². The first-order valence-corrected chi connectivity index (χ1v) is 9.00. The minimum absolute atomic E-state index is 0.0457. The Bertz CT molecular complexity index is 835. The molecule has 0 amide bonds. The molecule has 26 heavy (non-hydrogen) atoms. The van der Waals surface area contributed by atoms with Gasteiger partial charge >= 0.3 is 0 Å². The summed E-state index contributed by atoms with van der Waals surface area (Å²) in [7, 11) is 0. The Balaban J connectivity index is 0.000000228. The summed E-state index contributed by atoms with van der Waals surface area (Å²) in [6.45, 7) is 0.463. The third kappa shape index (κ3) is 6.92. The molecule has 0 saturated carbocycles. The number of thiocarbonyl (C=S) groups is 2. The molecular weight excluding hydrogens is 384 g/mol. The second kappa shape index (κ2) is 10.7. The van der Waals surface area contributed by atoms with Gasteiger partial charge in [-0.2, -0.15) is 0 Å². The van der Waals surface area contributed by atoms with Crippen LogP contribution in [0.25, 0.3) is 0 Å². The molecule has 3 aromatic carbocycles. The molecule has 0 fully saturated rings. The van der Waals surface area contributed by atoms with E-state index in [0.29, 0.717) is 17.2 Å². The lowest BCUT2D eigenvalue weighted by molar-refractivity contribution is 0.302. The molecule has 0 aromatic heterocycles. The van der Waals surface area contributed by atoms with Crippen LogP contribution in [0, 0.1) is 0 Å². The quantitative estimate of drug-likeness (QED) is 0.531. The Morgan fingerprint density at radius 2 is 1.27 bits per heavy atom. The normalized spacial score (nSPS) is 9.58. The van der Waals surface area contributed by atoms with Gasteiger partial charge < -0.3 is 9.84 Å². The predicted molar refractivity (Wildman–Crippen MR) is 115 cm³/mol. The maximum absolute atomic E-state index is 8.76. The van der Waals surface area contributed by atoms with Gasteiger partial charge in [0.1, 0.15) is 6.61 Å². The summed E-state index contributed by atoms with van der Waals surface area (Å²) in [4.78, 5) is 0. The minimum atomic E-state index is -0.0457. The molecule has 1 N–H and O–H groups in total. The number of halogens is 1. The van der Waals surface area contributed by atoms with E-state index in [1.165, 1.54) is 0 Å². The van der Waals surface area contributed by atoms with Gasteiger partial charge in [-0.3, -0.25) is 0 Å². The molecular formula is C21H17ClO2S2. The first kappa shape index (κ1) is 20.0. The van der Waals surface area contributed by atoms with E-state index in [0.717, 1.165) is 16.1 Å². The van der Waals surface area contributed by atoms with Gasteiger partial charge in [-0.25, -0.2) is 0 Å². The smallest absolute Gasteiger partial charge is 0.191 e. The van der Waals surface area contributed by atoms with E-state index in [9.17, 15) is 0 Å². The molecule has 0 spiro atoms. The van der Waals surface area contributed by atoms with Crippen LogP contribution in [0.15, 0.2) is 84.9 Å². The summed E-state index contributed by atoms with van der Waals surface area (Å²) in [6.07, 6.45) is 0. The second-order valence-corrected chi connectivity index (χ2v) is 6.43. The Hall–Kier alpha value is -2.27. The molecule has 5 heteroatoms. The largest absolute Gasteiger partial charge is 0.499 e. The van der Waals surface area contributed by atoms with Gasteiger partial charge in [-0.05, 0) is 42.1 Å². The fourth-order valence-corrected chi connectivity index (χ4v) is 2.42. The summed E-state index contributed by atoms with van der Waals surface area (Å²) < 4.78 is 5.54. The Morgan fingerprint density at radius 3 is 1.73 bits per heavy atom. The van der Waals surface area contributed by atoms with E-state index in [1.54, 1.807) is 12.1 Å². The lowest BCUT2D eigenvalue weighted by Gasteiger charge is -2.07. The van der Waals surface area contributed by atoms with Crippen molar-refractivity contribution in [1.29, 1.82) is 0 Å². The molecule has 0 radical (unpaired) electrons. The van der Waals surface area contributed by atoms with Crippen molar-refractivity contribution in [3.8, 4) is 0 Å². The SMILES string of the molecule is OC(=S)c1ccccc1.S=C(OCc1ccc(Cl)cc1)c1ccccc1. The summed E-state index contributed by atoms with van der Waals surface area (Å²) in [5, 5.41) is 9.95. The van der Waals surface area contributed by atoms with Crippen molar-refractivity contribution >= 4 is 46.1 Å². The molecule has 0 atom stereocenters. The molecule has 132 valence electrons. The topological polar surface area (TPSA) is 29.5 Å². The van der Waals surface area contributed by atoms with Crippen molar-refractivity contribution in [2.75, 3.05) is 0 Å². The first-order valence-electron chi connectivity index (χ1n) is 7.81. The lowest BCUT2D eigenvalue weighted by Crippen LogP contribution is -2.03. The number of hydrogen-bond donors (Lipinski definition) is 1. The van der Waals surface area contributed by atoms with E-state index in [2.05, 4.69) is 12.2 Å². The molecule has 3 rings (SSSR count). The Labute approximate surface area is 169 Å². The van der Waals surface area contributed by atoms with E-state index < -0.39 is 0 Å². The Morgan fingerprint density at radius 1 is 0.769 bits per heavy atom. The van der Waals surface area contributed by atoms with Crippen LogP contribution >= 0.6 is 36.0 Å². The third-order valence-corrected chi connectivity index (χ3v) is 4.15. The van der Waals surface area contributed by atoms with Crippen LogP contribution in [-0.4, -0.2) is 15.2 Å². The molecule has 2 nitrogen and oxygen atoms in total. The van der Waals surface area contributed by atoms with Crippen LogP contribution in [0.2, 0.25) is 5.02 Å². The summed E-state index contributed by atoms with van der Waals surface area (Å²) in [6, 6.07) is 26.3. The first-order chi connectivity index (χ1) is 12.6. The van der Waals surface area contributed by atoms with Crippen LogP contribution < -0.4 is 0 Å². The van der Waals surface area contributed by atoms with Crippen LogP contribution in [0.1, 0.15) is 16.7 Å². The monoisotopic (exact) mass is 400 g/mol. The van der Waals surface area contributed by atoms with Gasteiger partial charge in [-0.1, -0.05) is 84.4 Å². The van der Waals surface area contributed by atoms with Crippen molar-refractivity contribution in [3.05, 3.63) is 107 Å². The number of aliphatic hydroxyl groups excluding tert-OH is 1. The zero-order chi connectivity index (χ0) is 18.8. The van der Waals surface area contributed by atoms with E-state index in [-0.39, 0.29) is 5.05 Å². The molecule has 0 heterocycles. The minimum Gasteiger partial charge on any atom is -0.499 e. The van der Waals surface area contributed by atoms with Crippen LogP contribution in [-0.2, 0) is 11.3 Å². The maximum Gasteiger partial charge on any atom is 0.191 e. The predicted octanol–water partition coefficient (Wildman–Crippen LogP) is 6.15. The molecule has 0 aliphatic heterocycles. The molecule has 0 aliphatic rings. The molecule has 0 unspecified atom stereocenters. The van der Waals surface area contributed by atoms with Crippen LogP contribution in [0.3, 0.4) is 0 Å². The molecule has 0 bridgehead atoms. The average Bonchev–Trinajstić information content (AvgIpc) is 2.69.